The molecule has 1 saturated carbocycles. The van der Waals surface area contributed by atoms with E-state index in [0.29, 0.717) is 22.8 Å². The molecule has 106 valence electrons. The van der Waals surface area contributed by atoms with Gasteiger partial charge in [-0.05, 0) is 41.0 Å². The first-order valence-electron chi connectivity index (χ1n) is 7.23. The number of benzene rings is 1. The van der Waals surface area contributed by atoms with E-state index in [2.05, 4.69) is 64.2 Å². The van der Waals surface area contributed by atoms with Crippen molar-refractivity contribution < 1.29 is 4.74 Å². The smallest absolute Gasteiger partial charge is 0.118 e. The van der Waals surface area contributed by atoms with E-state index in [1.807, 2.05) is 0 Å². The van der Waals surface area contributed by atoms with Crippen molar-refractivity contribution in [2.24, 2.45) is 16.7 Å². The Morgan fingerprint density at radius 1 is 1.11 bits per heavy atom. The van der Waals surface area contributed by atoms with E-state index in [-0.39, 0.29) is 0 Å². The van der Waals surface area contributed by atoms with E-state index in [0.717, 1.165) is 12.3 Å². The first-order chi connectivity index (χ1) is 8.86. The highest BCUT2D eigenvalue weighted by molar-refractivity contribution is 5.32. The Balaban J connectivity index is 2.26. The van der Waals surface area contributed by atoms with E-state index in [4.69, 9.17) is 4.74 Å². The predicted octanol–water partition coefficient (Wildman–Crippen LogP) is 4.03. The molecule has 1 aliphatic rings. The molecular formula is C17H27NO. The predicted molar refractivity (Wildman–Crippen MR) is 80.5 cm³/mol. The third-order valence-corrected chi connectivity index (χ3v) is 5.36. The van der Waals surface area contributed by atoms with Crippen LogP contribution in [0.1, 0.15) is 46.2 Å². The highest BCUT2D eigenvalue weighted by atomic mass is 16.5. The molecule has 0 bridgehead atoms. The molecule has 1 fully saturated rings. The lowest BCUT2D eigenvalue weighted by Gasteiger charge is -2.21. The third kappa shape index (κ3) is 2.27. The molecule has 2 rings (SSSR count). The fraction of sp³-hybridized carbons (Fsp3) is 0.647. The van der Waals surface area contributed by atoms with Crippen molar-refractivity contribution in [3.8, 4) is 5.75 Å². The highest BCUT2D eigenvalue weighted by Crippen LogP contribution is 2.72. The van der Waals surface area contributed by atoms with Gasteiger partial charge in [-0.25, -0.2) is 0 Å². The van der Waals surface area contributed by atoms with Gasteiger partial charge in [0.15, 0.2) is 0 Å². The van der Waals surface area contributed by atoms with Crippen LogP contribution in [0.3, 0.4) is 0 Å². The molecule has 19 heavy (non-hydrogen) atoms. The average Bonchev–Trinajstić information content (AvgIpc) is 2.78. The minimum atomic E-state index is 0.389. The largest absolute Gasteiger partial charge is 0.497 e. The number of nitrogens with one attached hydrogen (secondary N) is 1. The normalized spacial score (nSPS) is 22.0. The second kappa shape index (κ2) is 4.82. The maximum Gasteiger partial charge on any atom is 0.118 e. The van der Waals surface area contributed by atoms with Crippen LogP contribution in [0.2, 0.25) is 0 Å². The maximum atomic E-state index is 5.25. The molecule has 0 saturated heterocycles. The second-order valence-electron chi connectivity index (χ2n) is 6.73. The molecule has 0 aliphatic heterocycles. The van der Waals surface area contributed by atoms with E-state index >= 15 is 0 Å². The fourth-order valence-corrected chi connectivity index (χ4v) is 3.54. The van der Waals surface area contributed by atoms with Crippen LogP contribution < -0.4 is 10.1 Å². The first kappa shape index (κ1) is 14.4. The lowest BCUT2D eigenvalue weighted by molar-refractivity contribution is 0.408. The van der Waals surface area contributed by atoms with E-state index in [1.165, 1.54) is 5.56 Å². The summed E-state index contributed by atoms with van der Waals surface area (Å²) in [5, 5.41) is 3.67. The molecule has 1 atom stereocenters. The molecule has 2 nitrogen and oxygen atoms in total. The minimum absolute atomic E-state index is 0.389. The van der Waals surface area contributed by atoms with Crippen molar-refractivity contribution in [2.75, 3.05) is 13.7 Å². The van der Waals surface area contributed by atoms with E-state index < -0.39 is 0 Å². The van der Waals surface area contributed by atoms with Crippen molar-refractivity contribution >= 4 is 0 Å². The first-order valence-corrected chi connectivity index (χ1v) is 7.23. The van der Waals surface area contributed by atoms with Gasteiger partial charge < -0.3 is 10.1 Å². The zero-order valence-corrected chi connectivity index (χ0v) is 13.1. The van der Waals surface area contributed by atoms with Gasteiger partial charge in [0.05, 0.1) is 7.11 Å². The molecule has 1 aromatic rings. The van der Waals surface area contributed by atoms with Gasteiger partial charge in [-0.15, -0.1) is 0 Å². The molecule has 0 radical (unpaired) electrons. The van der Waals surface area contributed by atoms with Gasteiger partial charge in [-0.3, -0.25) is 0 Å². The lowest BCUT2D eigenvalue weighted by Crippen LogP contribution is -2.25. The molecule has 2 heteroatoms. The van der Waals surface area contributed by atoms with Crippen molar-refractivity contribution in [1.29, 1.82) is 0 Å². The Morgan fingerprint density at radius 3 is 2.00 bits per heavy atom. The average molecular weight is 261 g/mol. The van der Waals surface area contributed by atoms with E-state index in [1.54, 1.807) is 7.11 Å². The van der Waals surface area contributed by atoms with Gasteiger partial charge in [-0.2, -0.15) is 0 Å². The Kier molecular flexibility index (Phi) is 3.65. The van der Waals surface area contributed by atoms with Crippen molar-refractivity contribution in [2.45, 2.75) is 40.7 Å². The van der Waals surface area contributed by atoms with E-state index in [9.17, 15) is 0 Å². The van der Waals surface area contributed by atoms with Gasteiger partial charge in [0.25, 0.3) is 0 Å². The minimum Gasteiger partial charge on any atom is -0.497 e. The fourth-order valence-electron chi connectivity index (χ4n) is 3.54. The molecule has 0 spiro atoms. The summed E-state index contributed by atoms with van der Waals surface area (Å²) in [7, 11) is 1.71. The summed E-state index contributed by atoms with van der Waals surface area (Å²) in [6, 6.07) is 8.93. The zero-order chi connectivity index (χ0) is 14.3. The molecular weight excluding hydrogens is 234 g/mol. The Bertz CT molecular complexity index is 419. The highest BCUT2D eigenvalue weighted by Gasteiger charge is 2.67. The summed E-state index contributed by atoms with van der Waals surface area (Å²) in [5.74, 6) is 1.60. The third-order valence-electron chi connectivity index (χ3n) is 5.36. The standard InChI is InChI=1S/C17H27NO/c1-7-18-14(15-16(2,3)17(15,4)5)12-8-10-13(19-6)11-9-12/h8-11,14-15,18H,7H2,1-6H3. The van der Waals surface area contributed by atoms with Crippen LogP contribution >= 0.6 is 0 Å². The van der Waals surface area contributed by atoms with Crippen LogP contribution in [0.25, 0.3) is 0 Å². The number of rotatable bonds is 5. The van der Waals surface area contributed by atoms with Crippen LogP contribution in [0.15, 0.2) is 24.3 Å². The van der Waals surface area contributed by atoms with Gasteiger partial charge in [0, 0.05) is 6.04 Å². The summed E-state index contributed by atoms with van der Waals surface area (Å²) < 4.78 is 5.25. The Morgan fingerprint density at radius 2 is 1.63 bits per heavy atom. The van der Waals surface area contributed by atoms with Crippen molar-refractivity contribution in [3.05, 3.63) is 29.8 Å². The summed E-state index contributed by atoms with van der Waals surface area (Å²) in [6.45, 7) is 12.7. The molecule has 0 heterocycles. The van der Waals surface area contributed by atoms with Crippen LogP contribution in [0.5, 0.6) is 5.75 Å². The number of methoxy groups -OCH3 is 1. The summed E-state index contributed by atoms with van der Waals surface area (Å²) in [6.07, 6.45) is 0. The molecule has 1 aliphatic carbocycles. The van der Waals surface area contributed by atoms with Crippen molar-refractivity contribution in [1.82, 2.24) is 5.32 Å². The monoisotopic (exact) mass is 261 g/mol. The topological polar surface area (TPSA) is 21.3 Å². The van der Waals surface area contributed by atoms with Gasteiger partial charge in [-0.1, -0.05) is 46.8 Å². The van der Waals surface area contributed by atoms with Gasteiger partial charge >= 0.3 is 0 Å². The maximum absolute atomic E-state index is 5.25. The molecule has 0 amide bonds. The summed E-state index contributed by atoms with van der Waals surface area (Å²) >= 11 is 0. The van der Waals surface area contributed by atoms with Crippen LogP contribution in [-0.4, -0.2) is 13.7 Å². The summed E-state index contributed by atoms with van der Waals surface area (Å²) in [4.78, 5) is 0. The Labute approximate surface area is 117 Å². The molecule has 1 unspecified atom stereocenters. The molecule has 1 aromatic carbocycles. The molecule has 1 N–H and O–H groups in total. The van der Waals surface area contributed by atoms with Crippen LogP contribution in [-0.2, 0) is 0 Å². The quantitative estimate of drug-likeness (QED) is 0.864. The number of ether oxygens (including phenoxy) is 1. The number of hydrogen-bond donors (Lipinski definition) is 1. The number of hydrogen-bond acceptors (Lipinski definition) is 2. The van der Waals surface area contributed by atoms with Crippen molar-refractivity contribution in [3.63, 3.8) is 0 Å². The van der Waals surface area contributed by atoms with Crippen LogP contribution in [0.4, 0.5) is 0 Å². The van der Waals surface area contributed by atoms with Crippen LogP contribution in [0, 0.1) is 16.7 Å². The molecule has 0 aromatic heterocycles. The summed E-state index contributed by atoms with van der Waals surface area (Å²) in [5.41, 5.74) is 2.14. The van der Waals surface area contributed by atoms with Gasteiger partial charge in [0.2, 0.25) is 0 Å². The lowest BCUT2D eigenvalue weighted by atomic mass is 9.96. The SMILES string of the molecule is CCNC(c1ccc(OC)cc1)C1C(C)(C)C1(C)C. The van der Waals surface area contributed by atoms with Gasteiger partial charge in [0.1, 0.15) is 5.75 Å². The zero-order valence-electron chi connectivity index (χ0n) is 13.1. The second-order valence-corrected chi connectivity index (χ2v) is 6.73. The Hall–Kier alpha value is -1.02.